The molecule has 2 N–H and O–H groups in total. The fourth-order valence-electron chi connectivity index (χ4n) is 1.44. The Bertz CT molecular complexity index is 695. The molecule has 0 aliphatic carbocycles. The average Bonchev–Trinajstić information content (AvgIpc) is 2.44. The summed E-state index contributed by atoms with van der Waals surface area (Å²) >= 11 is 11.1. The van der Waals surface area contributed by atoms with Gasteiger partial charge in [-0.1, -0.05) is 11.6 Å². The number of pyridine rings is 1. The van der Waals surface area contributed by atoms with E-state index in [1.54, 1.807) is 0 Å². The van der Waals surface area contributed by atoms with Crippen molar-refractivity contribution in [2.75, 3.05) is 5.88 Å². The van der Waals surface area contributed by atoms with E-state index in [-0.39, 0.29) is 34.1 Å². The molecule has 0 aliphatic rings. The summed E-state index contributed by atoms with van der Waals surface area (Å²) in [7, 11) is 0. The predicted molar refractivity (Wildman–Crippen MR) is 77.7 cm³/mol. The van der Waals surface area contributed by atoms with Gasteiger partial charge in [0.25, 0.3) is 0 Å². The number of aliphatic imine (C=N–C) groups is 1. The summed E-state index contributed by atoms with van der Waals surface area (Å²) in [5, 5.41) is 0.171. The maximum atomic E-state index is 13.9. The van der Waals surface area contributed by atoms with Gasteiger partial charge in [0.1, 0.15) is 22.4 Å². The normalized spacial score (nSPS) is 11.5. The summed E-state index contributed by atoms with van der Waals surface area (Å²) in [6.45, 7) is 0. The van der Waals surface area contributed by atoms with Gasteiger partial charge in [0.2, 0.25) is 0 Å². The molecule has 0 bridgehead atoms. The molecule has 0 aliphatic heterocycles. The van der Waals surface area contributed by atoms with Gasteiger partial charge in [-0.05, 0) is 6.07 Å². The molecule has 4 nitrogen and oxygen atoms in total. The molecule has 0 amide bonds. The van der Waals surface area contributed by atoms with Crippen LogP contribution in [0.25, 0.3) is 0 Å². The molecule has 0 radical (unpaired) electrons. The highest BCUT2D eigenvalue weighted by Crippen LogP contribution is 2.30. The third-order valence-electron chi connectivity index (χ3n) is 2.33. The van der Waals surface area contributed by atoms with Crippen LogP contribution in [0.3, 0.4) is 0 Å². The molecule has 8 heteroatoms. The molecule has 2 aromatic rings. The predicted octanol–water partition coefficient (Wildman–Crippen LogP) is 4.03. The van der Waals surface area contributed by atoms with Crippen LogP contribution >= 0.6 is 23.2 Å². The lowest BCUT2D eigenvalue weighted by molar-refractivity contribution is 0.436. The minimum absolute atomic E-state index is 0.0236. The summed E-state index contributed by atoms with van der Waals surface area (Å²) in [4.78, 5) is 7.41. The molecule has 1 heterocycles. The number of ether oxygens (including phenoxy) is 1. The first kappa shape index (κ1) is 15.5. The molecular weight excluding hydrogens is 323 g/mol. The quantitative estimate of drug-likeness (QED) is 0.398. The van der Waals surface area contributed by atoms with Crippen molar-refractivity contribution in [3.8, 4) is 11.5 Å². The number of halogens is 4. The van der Waals surface area contributed by atoms with E-state index in [2.05, 4.69) is 9.98 Å². The SMILES string of the molecule is NC(CCl)=Nc1cc(F)c(Oc2ccnc(Cl)c2)cc1F. The number of nitrogens with zero attached hydrogens (tertiary/aromatic N) is 2. The zero-order valence-corrected chi connectivity index (χ0v) is 12.0. The zero-order chi connectivity index (χ0) is 15.4. The number of hydrogen-bond acceptors (Lipinski definition) is 3. The minimum atomic E-state index is -0.801. The van der Waals surface area contributed by atoms with Gasteiger partial charge in [-0.25, -0.2) is 18.8 Å². The van der Waals surface area contributed by atoms with Crippen molar-refractivity contribution in [2.45, 2.75) is 0 Å². The van der Waals surface area contributed by atoms with Crippen molar-refractivity contribution in [3.05, 3.63) is 47.2 Å². The van der Waals surface area contributed by atoms with E-state index in [4.69, 9.17) is 33.7 Å². The van der Waals surface area contributed by atoms with Crippen molar-refractivity contribution < 1.29 is 13.5 Å². The Kier molecular flexibility index (Phi) is 4.93. The van der Waals surface area contributed by atoms with Crippen LogP contribution < -0.4 is 10.5 Å². The highest BCUT2D eigenvalue weighted by atomic mass is 35.5. The van der Waals surface area contributed by atoms with Gasteiger partial charge in [-0.2, -0.15) is 0 Å². The van der Waals surface area contributed by atoms with Crippen LogP contribution in [0.2, 0.25) is 5.15 Å². The molecule has 110 valence electrons. The fourth-order valence-corrected chi connectivity index (χ4v) is 1.67. The molecule has 0 fully saturated rings. The van der Waals surface area contributed by atoms with Crippen molar-refractivity contribution in [2.24, 2.45) is 10.7 Å². The lowest BCUT2D eigenvalue weighted by Crippen LogP contribution is -2.12. The van der Waals surface area contributed by atoms with Crippen LogP contribution in [0, 0.1) is 11.6 Å². The number of amidine groups is 1. The van der Waals surface area contributed by atoms with Crippen molar-refractivity contribution in [1.29, 1.82) is 0 Å². The highest BCUT2D eigenvalue weighted by Gasteiger charge is 2.12. The number of nitrogens with two attached hydrogens (primary N) is 1. The van der Waals surface area contributed by atoms with E-state index < -0.39 is 11.6 Å². The maximum Gasteiger partial charge on any atom is 0.168 e. The molecule has 0 saturated heterocycles. The van der Waals surface area contributed by atoms with E-state index in [1.807, 2.05) is 0 Å². The van der Waals surface area contributed by atoms with Crippen LogP contribution in [-0.4, -0.2) is 16.7 Å². The summed E-state index contributed by atoms with van der Waals surface area (Å²) < 4.78 is 32.9. The van der Waals surface area contributed by atoms with E-state index in [0.717, 1.165) is 12.1 Å². The van der Waals surface area contributed by atoms with Gasteiger partial charge in [0.05, 0.1) is 5.88 Å². The third kappa shape index (κ3) is 4.03. The molecular formula is C13H9Cl2F2N3O. The van der Waals surface area contributed by atoms with E-state index in [1.165, 1.54) is 18.3 Å². The van der Waals surface area contributed by atoms with Crippen molar-refractivity contribution in [1.82, 2.24) is 4.98 Å². The molecule has 2 rings (SSSR count). The molecule has 1 aromatic heterocycles. The molecule has 0 atom stereocenters. The van der Waals surface area contributed by atoms with Crippen LogP contribution in [0.15, 0.2) is 35.5 Å². The van der Waals surface area contributed by atoms with Crippen LogP contribution in [0.5, 0.6) is 11.5 Å². The van der Waals surface area contributed by atoms with Crippen LogP contribution in [-0.2, 0) is 0 Å². The second-order valence-electron chi connectivity index (χ2n) is 3.89. The van der Waals surface area contributed by atoms with Gasteiger partial charge in [-0.15, -0.1) is 11.6 Å². The minimum Gasteiger partial charge on any atom is -0.454 e. The molecule has 1 aromatic carbocycles. The second kappa shape index (κ2) is 6.69. The smallest absolute Gasteiger partial charge is 0.168 e. The Hall–Kier alpha value is -1.92. The van der Waals surface area contributed by atoms with Gasteiger partial charge >= 0.3 is 0 Å². The van der Waals surface area contributed by atoms with Crippen molar-refractivity contribution in [3.63, 3.8) is 0 Å². The summed E-state index contributed by atoms with van der Waals surface area (Å²) in [5.74, 6) is -1.79. The van der Waals surface area contributed by atoms with Crippen LogP contribution in [0.4, 0.5) is 14.5 Å². The number of rotatable bonds is 4. The van der Waals surface area contributed by atoms with Crippen LogP contribution in [0.1, 0.15) is 0 Å². The second-order valence-corrected chi connectivity index (χ2v) is 4.54. The van der Waals surface area contributed by atoms with Gasteiger partial charge in [0.15, 0.2) is 17.4 Å². The first-order valence-corrected chi connectivity index (χ1v) is 6.58. The van der Waals surface area contributed by atoms with E-state index in [9.17, 15) is 8.78 Å². The first-order valence-electron chi connectivity index (χ1n) is 5.67. The Balaban J connectivity index is 2.32. The van der Waals surface area contributed by atoms with Gasteiger partial charge < -0.3 is 10.5 Å². The summed E-state index contributed by atoms with van der Waals surface area (Å²) in [6, 6.07) is 4.56. The van der Waals surface area contributed by atoms with Crippen molar-refractivity contribution >= 4 is 34.7 Å². The molecule has 0 saturated carbocycles. The summed E-state index contributed by atoms with van der Waals surface area (Å²) in [6.07, 6.45) is 1.38. The molecule has 0 spiro atoms. The number of benzene rings is 1. The third-order valence-corrected chi connectivity index (χ3v) is 2.81. The maximum absolute atomic E-state index is 13.9. The number of hydrogen-bond donors (Lipinski definition) is 1. The van der Waals surface area contributed by atoms with E-state index >= 15 is 0 Å². The molecule has 0 unspecified atom stereocenters. The highest BCUT2D eigenvalue weighted by molar-refractivity contribution is 6.29. The number of aromatic nitrogens is 1. The Morgan fingerprint density at radius 1 is 1.29 bits per heavy atom. The lowest BCUT2D eigenvalue weighted by atomic mass is 10.2. The fraction of sp³-hybridized carbons (Fsp3) is 0.0769. The monoisotopic (exact) mass is 331 g/mol. The Labute approximate surface area is 129 Å². The molecule has 21 heavy (non-hydrogen) atoms. The van der Waals surface area contributed by atoms with Gasteiger partial charge in [-0.3, -0.25) is 0 Å². The Morgan fingerprint density at radius 3 is 2.71 bits per heavy atom. The zero-order valence-electron chi connectivity index (χ0n) is 10.5. The summed E-state index contributed by atoms with van der Waals surface area (Å²) in [5.41, 5.74) is 5.12. The largest absolute Gasteiger partial charge is 0.454 e. The topological polar surface area (TPSA) is 60.5 Å². The standard InChI is InChI=1S/C13H9Cl2F2N3O/c14-6-13(18)20-10-4-9(17)11(5-8(10)16)21-7-1-2-19-12(15)3-7/h1-5H,6H2,(H2,18,20). The van der Waals surface area contributed by atoms with Gasteiger partial charge in [0, 0.05) is 24.4 Å². The Morgan fingerprint density at radius 2 is 2.05 bits per heavy atom. The average molecular weight is 332 g/mol. The number of alkyl halides is 1. The van der Waals surface area contributed by atoms with E-state index in [0.29, 0.717) is 0 Å². The lowest BCUT2D eigenvalue weighted by Gasteiger charge is -2.08. The first-order chi connectivity index (χ1) is 9.99.